The SMILES string of the molecule is CCc1ccc(CC(NN)c2cc(Cl)cc(Br)c2)cc1. The lowest BCUT2D eigenvalue weighted by Crippen LogP contribution is -2.29. The minimum atomic E-state index is 0.0393. The zero-order valence-corrected chi connectivity index (χ0v) is 13.7. The fourth-order valence-corrected chi connectivity index (χ4v) is 3.08. The first-order valence-electron chi connectivity index (χ1n) is 6.62. The van der Waals surface area contributed by atoms with E-state index in [9.17, 15) is 0 Å². The molecular weight excluding hydrogens is 336 g/mol. The summed E-state index contributed by atoms with van der Waals surface area (Å²) in [5.74, 6) is 5.70. The summed E-state index contributed by atoms with van der Waals surface area (Å²) in [7, 11) is 0. The maximum atomic E-state index is 6.10. The zero-order valence-electron chi connectivity index (χ0n) is 11.4. The van der Waals surface area contributed by atoms with E-state index < -0.39 is 0 Å². The fraction of sp³-hybridized carbons (Fsp3) is 0.250. The second kappa shape index (κ2) is 7.23. The van der Waals surface area contributed by atoms with E-state index in [-0.39, 0.29) is 6.04 Å². The van der Waals surface area contributed by atoms with Crippen LogP contribution >= 0.6 is 27.5 Å². The van der Waals surface area contributed by atoms with Gasteiger partial charge in [-0.3, -0.25) is 11.3 Å². The Morgan fingerprint density at radius 2 is 1.80 bits per heavy atom. The van der Waals surface area contributed by atoms with Crippen LogP contribution < -0.4 is 11.3 Å². The number of nitrogens with two attached hydrogens (primary N) is 1. The Morgan fingerprint density at radius 1 is 1.15 bits per heavy atom. The van der Waals surface area contributed by atoms with Crippen LogP contribution in [0, 0.1) is 0 Å². The van der Waals surface area contributed by atoms with Crippen LogP contribution in [0.1, 0.15) is 29.7 Å². The molecule has 0 amide bonds. The molecule has 0 aliphatic heterocycles. The highest BCUT2D eigenvalue weighted by Crippen LogP contribution is 2.25. The molecule has 2 rings (SSSR count). The number of aryl methyl sites for hydroxylation is 1. The summed E-state index contributed by atoms with van der Waals surface area (Å²) in [6.45, 7) is 2.16. The molecule has 0 fully saturated rings. The topological polar surface area (TPSA) is 38.0 Å². The van der Waals surface area contributed by atoms with E-state index in [2.05, 4.69) is 52.5 Å². The largest absolute Gasteiger partial charge is 0.271 e. The fourth-order valence-electron chi connectivity index (χ4n) is 2.20. The van der Waals surface area contributed by atoms with Gasteiger partial charge in [0.25, 0.3) is 0 Å². The molecule has 0 spiro atoms. The molecule has 2 aromatic carbocycles. The third kappa shape index (κ3) is 4.06. The van der Waals surface area contributed by atoms with E-state index in [1.807, 2.05) is 18.2 Å². The van der Waals surface area contributed by atoms with Gasteiger partial charge in [0.05, 0.1) is 6.04 Å². The smallest absolute Gasteiger partial charge is 0.0501 e. The molecule has 0 aliphatic carbocycles. The van der Waals surface area contributed by atoms with Crippen LogP contribution in [-0.4, -0.2) is 0 Å². The van der Waals surface area contributed by atoms with Crippen molar-refractivity contribution in [2.45, 2.75) is 25.8 Å². The first-order chi connectivity index (χ1) is 9.62. The zero-order chi connectivity index (χ0) is 14.5. The number of halogens is 2. The molecule has 1 unspecified atom stereocenters. The van der Waals surface area contributed by atoms with E-state index in [1.165, 1.54) is 11.1 Å². The predicted octanol–water partition coefficient (Wildman–Crippen LogP) is 4.41. The van der Waals surface area contributed by atoms with Crippen molar-refractivity contribution < 1.29 is 0 Å². The van der Waals surface area contributed by atoms with Gasteiger partial charge in [0.2, 0.25) is 0 Å². The summed E-state index contributed by atoms with van der Waals surface area (Å²) in [6, 6.07) is 14.5. The molecule has 2 nitrogen and oxygen atoms in total. The van der Waals surface area contributed by atoms with Crippen molar-refractivity contribution in [1.29, 1.82) is 0 Å². The van der Waals surface area contributed by atoms with Crippen molar-refractivity contribution in [2.75, 3.05) is 0 Å². The van der Waals surface area contributed by atoms with Gasteiger partial charge in [-0.15, -0.1) is 0 Å². The number of rotatable bonds is 5. The van der Waals surface area contributed by atoms with E-state index in [4.69, 9.17) is 17.4 Å². The van der Waals surface area contributed by atoms with Crippen molar-refractivity contribution in [3.63, 3.8) is 0 Å². The molecule has 0 aliphatic rings. The summed E-state index contributed by atoms with van der Waals surface area (Å²) < 4.78 is 0.960. The number of benzene rings is 2. The summed E-state index contributed by atoms with van der Waals surface area (Å²) >= 11 is 9.56. The number of hydrogen-bond acceptors (Lipinski definition) is 2. The normalized spacial score (nSPS) is 12.4. The van der Waals surface area contributed by atoms with Crippen LogP contribution in [0.15, 0.2) is 46.9 Å². The average Bonchev–Trinajstić information content (AvgIpc) is 2.44. The third-order valence-corrected chi connectivity index (χ3v) is 4.04. The minimum Gasteiger partial charge on any atom is -0.271 e. The lowest BCUT2D eigenvalue weighted by atomic mass is 9.98. The molecule has 0 saturated heterocycles. The Morgan fingerprint density at radius 3 is 2.35 bits per heavy atom. The van der Waals surface area contributed by atoms with Crippen LogP contribution in [0.5, 0.6) is 0 Å². The Labute approximate surface area is 133 Å². The molecular formula is C16H18BrClN2. The second-order valence-corrected chi connectivity index (χ2v) is 6.15. The van der Waals surface area contributed by atoms with Gasteiger partial charge in [-0.05, 0) is 47.7 Å². The lowest BCUT2D eigenvalue weighted by Gasteiger charge is -2.17. The number of hydrogen-bond donors (Lipinski definition) is 2. The first kappa shape index (κ1) is 15.5. The Kier molecular flexibility index (Phi) is 5.61. The minimum absolute atomic E-state index is 0.0393. The van der Waals surface area contributed by atoms with Gasteiger partial charge in [-0.1, -0.05) is 58.7 Å². The van der Waals surface area contributed by atoms with Crippen LogP contribution in [0.3, 0.4) is 0 Å². The lowest BCUT2D eigenvalue weighted by molar-refractivity contribution is 0.551. The van der Waals surface area contributed by atoms with Crippen molar-refractivity contribution >= 4 is 27.5 Å². The van der Waals surface area contributed by atoms with Gasteiger partial charge in [0, 0.05) is 9.50 Å². The molecule has 0 radical (unpaired) electrons. The average molecular weight is 354 g/mol. The summed E-state index contributed by atoms with van der Waals surface area (Å²) in [4.78, 5) is 0. The molecule has 0 heterocycles. The van der Waals surface area contributed by atoms with Crippen molar-refractivity contribution in [1.82, 2.24) is 5.43 Å². The highest BCUT2D eigenvalue weighted by molar-refractivity contribution is 9.10. The van der Waals surface area contributed by atoms with Gasteiger partial charge in [0.1, 0.15) is 0 Å². The molecule has 106 valence electrons. The van der Waals surface area contributed by atoms with E-state index in [0.29, 0.717) is 5.02 Å². The maximum Gasteiger partial charge on any atom is 0.0501 e. The third-order valence-electron chi connectivity index (χ3n) is 3.36. The molecule has 0 saturated carbocycles. The van der Waals surface area contributed by atoms with Gasteiger partial charge in [-0.25, -0.2) is 0 Å². The Bertz CT molecular complexity index is 549. The first-order valence-corrected chi connectivity index (χ1v) is 7.79. The predicted molar refractivity (Wildman–Crippen MR) is 88.7 cm³/mol. The van der Waals surface area contributed by atoms with E-state index in [0.717, 1.165) is 22.9 Å². The molecule has 4 heteroatoms. The van der Waals surface area contributed by atoms with Crippen LogP contribution in [0.4, 0.5) is 0 Å². The van der Waals surface area contributed by atoms with Crippen molar-refractivity contribution in [3.05, 3.63) is 68.7 Å². The maximum absolute atomic E-state index is 6.10. The van der Waals surface area contributed by atoms with Gasteiger partial charge < -0.3 is 0 Å². The second-order valence-electron chi connectivity index (χ2n) is 4.80. The van der Waals surface area contributed by atoms with Gasteiger partial charge >= 0.3 is 0 Å². The summed E-state index contributed by atoms with van der Waals surface area (Å²) in [5.41, 5.74) is 6.54. The van der Waals surface area contributed by atoms with Crippen LogP contribution in [-0.2, 0) is 12.8 Å². The molecule has 2 aromatic rings. The van der Waals surface area contributed by atoms with Crippen LogP contribution in [0.2, 0.25) is 5.02 Å². The summed E-state index contributed by atoms with van der Waals surface area (Å²) in [5, 5.41) is 0.705. The van der Waals surface area contributed by atoms with Gasteiger partial charge in [0.15, 0.2) is 0 Å². The van der Waals surface area contributed by atoms with E-state index >= 15 is 0 Å². The highest BCUT2D eigenvalue weighted by Gasteiger charge is 2.12. The molecule has 3 N–H and O–H groups in total. The Hall–Kier alpha value is -0.870. The summed E-state index contributed by atoms with van der Waals surface area (Å²) in [6.07, 6.45) is 1.88. The van der Waals surface area contributed by atoms with Crippen molar-refractivity contribution in [3.8, 4) is 0 Å². The quantitative estimate of drug-likeness (QED) is 0.617. The van der Waals surface area contributed by atoms with E-state index in [1.54, 1.807) is 0 Å². The van der Waals surface area contributed by atoms with Crippen LogP contribution in [0.25, 0.3) is 0 Å². The monoisotopic (exact) mass is 352 g/mol. The van der Waals surface area contributed by atoms with Crippen molar-refractivity contribution in [2.24, 2.45) is 5.84 Å². The highest BCUT2D eigenvalue weighted by atomic mass is 79.9. The number of nitrogens with one attached hydrogen (secondary N) is 1. The Balaban J connectivity index is 2.19. The molecule has 20 heavy (non-hydrogen) atoms. The molecule has 0 aromatic heterocycles. The number of hydrazine groups is 1. The molecule has 1 atom stereocenters. The van der Waals surface area contributed by atoms with Gasteiger partial charge in [-0.2, -0.15) is 0 Å². The standard InChI is InChI=1S/C16H18BrClN2/c1-2-11-3-5-12(6-4-11)7-16(20-19)13-8-14(17)10-15(18)9-13/h3-6,8-10,16,20H,2,7,19H2,1H3. The molecule has 0 bridgehead atoms.